The van der Waals surface area contributed by atoms with Crippen molar-refractivity contribution >= 4 is 16.0 Å². The molecule has 1 saturated heterocycles. The molecule has 0 atom stereocenters. The van der Waals surface area contributed by atoms with Crippen LogP contribution in [0, 0.1) is 5.92 Å². The second-order valence-electron chi connectivity index (χ2n) is 5.36. The van der Waals surface area contributed by atoms with Gasteiger partial charge in [-0.15, -0.1) is 0 Å². The summed E-state index contributed by atoms with van der Waals surface area (Å²) in [6, 6.07) is 5.05. The van der Waals surface area contributed by atoms with Gasteiger partial charge in [-0.25, -0.2) is 13.2 Å². The van der Waals surface area contributed by atoms with Crippen LogP contribution in [0.5, 0.6) is 0 Å². The molecule has 0 amide bonds. The summed E-state index contributed by atoms with van der Waals surface area (Å²) >= 11 is 0. The minimum Gasteiger partial charge on any atom is -0.478 e. The third-order valence-electron chi connectivity index (χ3n) is 3.71. The molecule has 0 spiro atoms. The van der Waals surface area contributed by atoms with Crippen LogP contribution in [0.2, 0.25) is 0 Å². The number of hydrogen-bond donors (Lipinski definition) is 2. The lowest BCUT2D eigenvalue weighted by atomic mass is 9.85. The van der Waals surface area contributed by atoms with E-state index in [2.05, 4.69) is 0 Å². The van der Waals surface area contributed by atoms with E-state index in [4.69, 9.17) is 5.11 Å². The molecule has 2 N–H and O–H groups in total. The number of carbonyl (C=O) groups is 1. The lowest BCUT2D eigenvalue weighted by Crippen LogP contribution is -2.65. The van der Waals surface area contributed by atoms with Crippen molar-refractivity contribution in [3.8, 4) is 0 Å². The van der Waals surface area contributed by atoms with Crippen LogP contribution in [0.3, 0.4) is 0 Å². The lowest BCUT2D eigenvalue weighted by molar-refractivity contribution is -0.0932. The highest BCUT2D eigenvalue weighted by molar-refractivity contribution is 7.89. The molecule has 0 bridgehead atoms. The van der Waals surface area contributed by atoms with Crippen LogP contribution in [-0.2, 0) is 10.0 Å². The Kier molecular flexibility index (Phi) is 3.62. The van der Waals surface area contributed by atoms with E-state index in [1.54, 1.807) is 0 Å². The molecular formula is C13H17NO5S. The van der Waals surface area contributed by atoms with Crippen LogP contribution >= 0.6 is 0 Å². The van der Waals surface area contributed by atoms with Crippen LogP contribution in [0.1, 0.15) is 24.2 Å². The third kappa shape index (κ3) is 2.44. The van der Waals surface area contributed by atoms with Crippen molar-refractivity contribution in [2.75, 3.05) is 13.1 Å². The molecule has 110 valence electrons. The van der Waals surface area contributed by atoms with Gasteiger partial charge in [0.2, 0.25) is 10.0 Å². The molecule has 0 aromatic heterocycles. The van der Waals surface area contributed by atoms with Crippen molar-refractivity contribution < 1.29 is 23.4 Å². The van der Waals surface area contributed by atoms with Crippen molar-refractivity contribution in [2.24, 2.45) is 5.92 Å². The van der Waals surface area contributed by atoms with E-state index < -0.39 is 21.6 Å². The van der Waals surface area contributed by atoms with E-state index >= 15 is 0 Å². The zero-order valence-corrected chi connectivity index (χ0v) is 12.1. The first-order valence-electron chi connectivity index (χ1n) is 6.23. The normalized spacial score (nSPS) is 18.8. The summed E-state index contributed by atoms with van der Waals surface area (Å²) in [5.41, 5.74) is -0.945. The monoisotopic (exact) mass is 299 g/mol. The van der Waals surface area contributed by atoms with Gasteiger partial charge in [0.05, 0.1) is 16.1 Å². The summed E-state index contributed by atoms with van der Waals surface area (Å²) in [7, 11) is -3.67. The van der Waals surface area contributed by atoms with Crippen LogP contribution in [0.15, 0.2) is 29.2 Å². The molecule has 1 aliphatic rings. The summed E-state index contributed by atoms with van der Waals surface area (Å²) in [5, 5.41) is 18.9. The Hall–Kier alpha value is -1.44. The average Bonchev–Trinajstić information content (AvgIpc) is 2.34. The Morgan fingerprint density at radius 2 is 1.75 bits per heavy atom. The topological polar surface area (TPSA) is 94.9 Å². The van der Waals surface area contributed by atoms with Crippen molar-refractivity contribution in [1.82, 2.24) is 4.31 Å². The first-order valence-corrected chi connectivity index (χ1v) is 7.67. The molecule has 0 unspecified atom stereocenters. The SMILES string of the molecule is CC(C)C1(O)CN(S(=O)(=O)c2ccc(C(=O)O)cc2)C1. The molecule has 2 rings (SSSR count). The van der Waals surface area contributed by atoms with E-state index in [0.29, 0.717) is 0 Å². The highest BCUT2D eigenvalue weighted by Gasteiger charge is 2.49. The zero-order valence-electron chi connectivity index (χ0n) is 11.3. The number of carboxylic acid groups (broad SMARTS) is 1. The number of aromatic carboxylic acids is 1. The fourth-order valence-corrected chi connectivity index (χ4v) is 3.58. The number of carboxylic acids is 1. The summed E-state index contributed by atoms with van der Waals surface area (Å²) in [6.07, 6.45) is 0. The Morgan fingerprint density at radius 3 is 2.15 bits per heavy atom. The third-order valence-corrected chi connectivity index (χ3v) is 5.52. The van der Waals surface area contributed by atoms with Gasteiger partial charge in [0.25, 0.3) is 0 Å². The van der Waals surface area contributed by atoms with Gasteiger partial charge >= 0.3 is 5.97 Å². The Labute approximate surface area is 117 Å². The van der Waals surface area contributed by atoms with E-state index in [-0.39, 0.29) is 29.5 Å². The molecule has 20 heavy (non-hydrogen) atoms. The highest BCUT2D eigenvalue weighted by Crippen LogP contribution is 2.33. The standard InChI is InChI=1S/C13H17NO5S/c1-9(2)13(17)7-14(8-13)20(18,19)11-5-3-10(4-6-11)12(15)16/h3-6,9,17H,7-8H2,1-2H3,(H,15,16). The van der Waals surface area contributed by atoms with Crippen LogP contribution in [-0.4, -0.2) is 47.6 Å². The number of hydrogen-bond acceptors (Lipinski definition) is 4. The van der Waals surface area contributed by atoms with Crippen molar-refractivity contribution in [3.05, 3.63) is 29.8 Å². The number of benzene rings is 1. The number of rotatable bonds is 4. The van der Waals surface area contributed by atoms with Crippen molar-refractivity contribution in [1.29, 1.82) is 0 Å². The summed E-state index contributed by atoms with van der Waals surface area (Å²) in [5.74, 6) is -1.13. The van der Waals surface area contributed by atoms with Gasteiger partial charge in [-0.3, -0.25) is 0 Å². The molecule has 1 aromatic rings. The van der Waals surface area contributed by atoms with Gasteiger partial charge in [0, 0.05) is 13.1 Å². The minimum atomic E-state index is -3.67. The zero-order chi connectivity index (χ0) is 15.1. The maximum Gasteiger partial charge on any atom is 0.335 e. The second kappa shape index (κ2) is 4.83. The molecule has 6 nitrogen and oxygen atoms in total. The predicted molar refractivity (Wildman–Crippen MR) is 71.9 cm³/mol. The van der Waals surface area contributed by atoms with Gasteiger partial charge in [-0.2, -0.15) is 4.31 Å². The second-order valence-corrected chi connectivity index (χ2v) is 7.30. The Bertz CT molecular complexity index is 615. The van der Waals surface area contributed by atoms with Crippen LogP contribution < -0.4 is 0 Å². The lowest BCUT2D eigenvalue weighted by Gasteiger charge is -2.47. The van der Waals surface area contributed by atoms with Crippen molar-refractivity contribution in [3.63, 3.8) is 0 Å². The largest absolute Gasteiger partial charge is 0.478 e. The first kappa shape index (κ1) is 15.0. The Balaban J connectivity index is 2.19. The molecule has 7 heteroatoms. The average molecular weight is 299 g/mol. The maximum atomic E-state index is 12.3. The van der Waals surface area contributed by atoms with Gasteiger partial charge in [0.15, 0.2) is 0 Å². The molecular weight excluding hydrogens is 282 g/mol. The predicted octanol–water partition coefficient (Wildman–Crippen LogP) is 0.776. The smallest absolute Gasteiger partial charge is 0.335 e. The van der Waals surface area contributed by atoms with Gasteiger partial charge in [-0.05, 0) is 30.2 Å². The van der Waals surface area contributed by atoms with Gasteiger partial charge in [-0.1, -0.05) is 13.8 Å². The number of sulfonamides is 1. The number of β-amino-alcohol motifs (C(OH)–C–C–N with tert-alkyl or cyclic N) is 1. The molecule has 1 fully saturated rings. The van der Waals surface area contributed by atoms with Crippen LogP contribution in [0.4, 0.5) is 0 Å². The Morgan fingerprint density at radius 1 is 1.25 bits per heavy atom. The van der Waals surface area contributed by atoms with Gasteiger partial charge < -0.3 is 10.2 Å². The first-order chi connectivity index (χ1) is 9.17. The van der Waals surface area contributed by atoms with E-state index in [1.807, 2.05) is 13.8 Å². The van der Waals surface area contributed by atoms with Crippen molar-refractivity contribution in [2.45, 2.75) is 24.3 Å². The van der Waals surface area contributed by atoms with E-state index in [9.17, 15) is 18.3 Å². The van der Waals surface area contributed by atoms with Gasteiger partial charge in [0.1, 0.15) is 0 Å². The molecule has 0 radical (unpaired) electrons. The summed E-state index contributed by atoms with van der Waals surface area (Å²) < 4.78 is 25.7. The van der Waals surface area contributed by atoms with E-state index in [1.165, 1.54) is 28.6 Å². The van der Waals surface area contributed by atoms with Crippen LogP contribution in [0.25, 0.3) is 0 Å². The maximum absolute atomic E-state index is 12.3. The minimum absolute atomic E-state index is 0.0247. The fourth-order valence-electron chi connectivity index (χ4n) is 2.02. The van der Waals surface area contributed by atoms with E-state index in [0.717, 1.165) is 0 Å². The summed E-state index contributed by atoms with van der Waals surface area (Å²) in [6.45, 7) is 3.80. The number of nitrogens with zero attached hydrogens (tertiary/aromatic N) is 1. The molecule has 1 heterocycles. The number of aliphatic hydroxyl groups is 1. The summed E-state index contributed by atoms with van der Waals surface area (Å²) in [4.78, 5) is 10.8. The molecule has 1 aliphatic heterocycles. The molecule has 1 aromatic carbocycles. The highest BCUT2D eigenvalue weighted by atomic mass is 32.2. The fraction of sp³-hybridized carbons (Fsp3) is 0.462. The molecule has 0 saturated carbocycles. The molecule has 0 aliphatic carbocycles. The quantitative estimate of drug-likeness (QED) is 0.856.